The second-order valence-electron chi connectivity index (χ2n) is 5.93. The minimum Gasteiger partial charge on any atom is -0.368 e. The first-order chi connectivity index (χ1) is 9.09. The maximum atomic E-state index is 10.1. The normalized spacial score (nSPS) is 18.9. The van der Waals surface area contributed by atoms with Crippen molar-refractivity contribution in [3.8, 4) is 0 Å². The van der Waals surface area contributed by atoms with Crippen LogP contribution >= 0.6 is 17.0 Å². The van der Waals surface area contributed by atoms with Crippen molar-refractivity contribution in [1.29, 1.82) is 0 Å². The number of nitrogens with zero attached hydrogens (tertiary/aromatic N) is 1. The fraction of sp³-hybridized carbons (Fsp3) is 0.529. The van der Waals surface area contributed by atoms with Gasteiger partial charge in [-0.25, -0.2) is 4.79 Å². The SMILES string of the molecule is Br.CC1N(CCCCC=C=O)c2ccccc2C1(C)C. The Hall–Kier alpha value is -1.05. The molecule has 0 aromatic heterocycles. The van der Waals surface area contributed by atoms with Crippen LogP contribution in [-0.4, -0.2) is 18.5 Å². The molecule has 0 fully saturated rings. The van der Waals surface area contributed by atoms with Crippen molar-refractivity contribution in [2.45, 2.75) is 51.5 Å². The molecule has 0 amide bonds. The number of benzene rings is 1. The Balaban J connectivity index is 0.00000200. The van der Waals surface area contributed by atoms with Crippen LogP contribution in [0.1, 0.15) is 45.6 Å². The van der Waals surface area contributed by atoms with Crippen LogP contribution in [0.25, 0.3) is 0 Å². The first kappa shape index (κ1) is 17.0. The molecule has 1 unspecified atom stereocenters. The summed E-state index contributed by atoms with van der Waals surface area (Å²) < 4.78 is 0. The van der Waals surface area contributed by atoms with Crippen LogP contribution in [0, 0.1) is 0 Å². The fourth-order valence-corrected chi connectivity index (χ4v) is 2.99. The van der Waals surface area contributed by atoms with Crippen molar-refractivity contribution in [3.63, 3.8) is 0 Å². The van der Waals surface area contributed by atoms with Crippen LogP contribution < -0.4 is 4.90 Å². The van der Waals surface area contributed by atoms with Crippen molar-refractivity contribution < 1.29 is 4.79 Å². The van der Waals surface area contributed by atoms with E-state index in [0.717, 1.165) is 25.8 Å². The molecule has 0 N–H and O–H groups in total. The molecular formula is C17H24BrNO. The highest BCUT2D eigenvalue weighted by Gasteiger charge is 2.40. The number of hydrogen-bond acceptors (Lipinski definition) is 2. The van der Waals surface area contributed by atoms with Crippen LogP contribution in [0.4, 0.5) is 5.69 Å². The van der Waals surface area contributed by atoms with E-state index >= 15 is 0 Å². The molecule has 2 nitrogen and oxygen atoms in total. The third kappa shape index (κ3) is 3.16. The van der Waals surface area contributed by atoms with Gasteiger partial charge in [-0.05, 0) is 43.9 Å². The Morgan fingerprint density at radius 2 is 2.00 bits per heavy atom. The van der Waals surface area contributed by atoms with Crippen molar-refractivity contribution in [2.75, 3.05) is 11.4 Å². The van der Waals surface area contributed by atoms with Gasteiger partial charge >= 0.3 is 0 Å². The number of para-hydroxylation sites is 1. The number of rotatable bonds is 5. The number of hydrogen-bond donors (Lipinski definition) is 0. The Morgan fingerprint density at radius 3 is 2.70 bits per heavy atom. The van der Waals surface area contributed by atoms with Crippen LogP contribution in [0.5, 0.6) is 0 Å². The molecule has 20 heavy (non-hydrogen) atoms. The van der Waals surface area contributed by atoms with Gasteiger partial charge in [-0.1, -0.05) is 32.0 Å². The summed E-state index contributed by atoms with van der Waals surface area (Å²) in [6, 6.07) is 9.25. The lowest BCUT2D eigenvalue weighted by Gasteiger charge is -2.31. The fourth-order valence-electron chi connectivity index (χ4n) is 2.99. The topological polar surface area (TPSA) is 20.3 Å². The molecule has 0 saturated heterocycles. The molecule has 3 heteroatoms. The van der Waals surface area contributed by atoms with Gasteiger partial charge in [0, 0.05) is 23.7 Å². The molecule has 0 aliphatic carbocycles. The van der Waals surface area contributed by atoms with E-state index in [-0.39, 0.29) is 22.4 Å². The van der Waals surface area contributed by atoms with Gasteiger partial charge in [0.1, 0.15) is 5.94 Å². The van der Waals surface area contributed by atoms with E-state index < -0.39 is 0 Å². The predicted octanol–water partition coefficient (Wildman–Crippen LogP) is 4.31. The van der Waals surface area contributed by atoms with Crippen molar-refractivity contribution in [1.82, 2.24) is 0 Å². The molecule has 1 aromatic carbocycles. The first-order valence-corrected chi connectivity index (χ1v) is 7.14. The van der Waals surface area contributed by atoms with Crippen molar-refractivity contribution in [2.24, 2.45) is 0 Å². The van der Waals surface area contributed by atoms with E-state index in [4.69, 9.17) is 0 Å². The number of halogens is 1. The molecular weight excluding hydrogens is 314 g/mol. The lowest BCUT2D eigenvalue weighted by atomic mass is 9.81. The highest BCUT2D eigenvalue weighted by molar-refractivity contribution is 8.93. The van der Waals surface area contributed by atoms with Crippen LogP contribution in [0.3, 0.4) is 0 Å². The maximum Gasteiger partial charge on any atom is 0.120 e. The van der Waals surface area contributed by atoms with E-state index in [1.807, 2.05) is 5.94 Å². The minimum absolute atomic E-state index is 0. The average molecular weight is 338 g/mol. The molecule has 0 spiro atoms. The Kier molecular flexibility index (Phi) is 6.04. The minimum atomic E-state index is 0. The van der Waals surface area contributed by atoms with Crippen LogP contribution in [-0.2, 0) is 10.2 Å². The van der Waals surface area contributed by atoms with Gasteiger partial charge in [0.05, 0.1) is 0 Å². The lowest BCUT2D eigenvalue weighted by molar-refractivity contribution is 0.438. The molecule has 2 rings (SSSR count). The maximum absolute atomic E-state index is 10.1. The first-order valence-electron chi connectivity index (χ1n) is 7.14. The molecule has 0 radical (unpaired) electrons. The third-order valence-electron chi connectivity index (χ3n) is 4.50. The van der Waals surface area contributed by atoms with Crippen molar-refractivity contribution in [3.05, 3.63) is 35.9 Å². The lowest BCUT2D eigenvalue weighted by Crippen LogP contribution is -2.39. The molecule has 1 heterocycles. The largest absolute Gasteiger partial charge is 0.368 e. The summed E-state index contributed by atoms with van der Waals surface area (Å²) >= 11 is 0. The number of allylic oxidation sites excluding steroid dienone is 1. The van der Waals surface area contributed by atoms with E-state index in [1.165, 1.54) is 11.3 Å². The second kappa shape index (κ2) is 7.10. The molecule has 1 atom stereocenters. The summed E-state index contributed by atoms with van der Waals surface area (Å²) in [6.45, 7) is 8.02. The van der Waals surface area contributed by atoms with E-state index in [0.29, 0.717) is 6.04 Å². The van der Waals surface area contributed by atoms with Crippen LogP contribution in [0.2, 0.25) is 0 Å². The standard InChI is InChI=1S/C17H23NO.BrH/c1-14-17(2,3)15-10-6-7-11-16(15)18(14)12-8-4-5-9-13-19;/h6-7,9-11,14H,4-5,8,12H2,1-3H3;1H. The molecule has 1 aliphatic rings. The number of unbranched alkanes of at least 4 members (excludes halogenated alkanes) is 2. The molecule has 110 valence electrons. The summed E-state index contributed by atoms with van der Waals surface area (Å²) in [5, 5.41) is 0. The molecule has 1 aromatic rings. The second-order valence-corrected chi connectivity index (χ2v) is 5.93. The predicted molar refractivity (Wildman–Crippen MR) is 90.7 cm³/mol. The van der Waals surface area contributed by atoms with Gasteiger partial charge in [0.15, 0.2) is 0 Å². The monoisotopic (exact) mass is 337 g/mol. The smallest absolute Gasteiger partial charge is 0.120 e. The summed E-state index contributed by atoms with van der Waals surface area (Å²) in [6.07, 6.45) is 4.61. The van der Waals surface area contributed by atoms with Gasteiger partial charge in [-0.3, -0.25) is 0 Å². The van der Waals surface area contributed by atoms with E-state index in [9.17, 15) is 4.79 Å². The van der Waals surface area contributed by atoms with Crippen molar-refractivity contribution >= 4 is 28.6 Å². The van der Waals surface area contributed by atoms with E-state index in [2.05, 4.69) is 49.9 Å². The van der Waals surface area contributed by atoms with Crippen LogP contribution in [0.15, 0.2) is 30.3 Å². The Morgan fingerprint density at radius 1 is 1.30 bits per heavy atom. The van der Waals surface area contributed by atoms with Gasteiger partial charge < -0.3 is 4.90 Å². The Labute approximate surface area is 132 Å². The summed E-state index contributed by atoms with van der Waals surface area (Å²) in [4.78, 5) is 12.6. The zero-order chi connectivity index (χ0) is 13.9. The highest BCUT2D eigenvalue weighted by atomic mass is 79.9. The zero-order valence-electron chi connectivity index (χ0n) is 12.6. The summed E-state index contributed by atoms with van der Waals surface area (Å²) in [5.41, 5.74) is 3.04. The Bertz CT molecular complexity index is 492. The third-order valence-corrected chi connectivity index (χ3v) is 4.50. The van der Waals surface area contributed by atoms with Gasteiger partial charge in [0.25, 0.3) is 0 Å². The van der Waals surface area contributed by atoms with Gasteiger partial charge in [-0.15, -0.1) is 17.0 Å². The number of fused-ring (bicyclic) bond motifs is 1. The van der Waals surface area contributed by atoms with Gasteiger partial charge in [0.2, 0.25) is 0 Å². The summed E-state index contributed by atoms with van der Waals surface area (Å²) in [5.74, 6) is 1.85. The highest BCUT2D eigenvalue weighted by Crippen LogP contribution is 2.44. The zero-order valence-corrected chi connectivity index (χ0v) is 14.3. The number of carbonyl (C=O) groups excluding carboxylic acids is 1. The van der Waals surface area contributed by atoms with E-state index in [1.54, 1.807) is 6.08 Å². The molecule has 1 aliphatic heterocycles. The molecule has 0 saturated carbocycles. The summed E-state index contributed by atoms with van der Waals surface area (Å²) in [7, 11) is 0. The quantitative estimate of drug-likeness (QED) is 0.589. The van der Waals surface area contributed by atoms with Gasteiger partial charge in [-0.2, -0.15) is 0 Å². The molecule has 0 bridgehead atoms. The average Bonchev–Trinajstić information content (AvgIpc) is 2.60. The number of anilines is 1.